The Morgan fingerprint density at radius 1 is 0.857 bits per heavy atom. The number of hydrogen-bond acceptors (Lipinski definition) is 3. The predicted molar refractivity (Wildman–Crippen MR) is 138 cm³/mol. The van der Waals surface area contributed by atoms with E-state index in [1.54, 1.807) is 10.6 Å². The van der Waals surface area contributed by atoms with Gasteiger partial charge < -0.3 is 19.1 Å². The zero-order valence-corrected chi connectivity index (χ0v) is 20.2. The minimum absolute atomic E-state index is 0.0738. The van der Waals surface area contributed by atoms with Gasteiger partial charge in [-0.05, 0) is 98.8 Å². The van der Waals surface area contributed by atoms with E-state index in [-0.39, 0.29) is 11.8 Å². The van der Waals surface area contributed by atoms with Crippen LogP contribution in [0.4, 0.5) is 0 Å². The van der Waals surface area contributed by atoms with E-state index in [4.69, 9.17) is 9.47 Å². The molecule has 1 saturated carbocycles. The largest absolute Gasteiger partial charge is 0.491 e. The number of carbonyl (C=O) groups is 1. The van der Waals surface area contributed by atoms with Gasteiger partial charge >= 0.3 is 5.97 Å². The standard InChI is InChI=1S/C30H31NO4/c1-20(2)34-25-14-10-24(11-15-25)31-28-17-16-27(18-23(28)19-29(31)30(32)33)35-26-12-8-22(9-13-26)21-6-4-3-5-7-21/h8-21H,3-7H2,1-2H3,(H,32,33). The lowest BCUT2D eigenvalue weighted by Crippen LogP contribution is -2.07. The van der Waals surface area contributed by atoms with E-state index in [1.165, 1.54) is 37.7 Å². The van der Waals surface area contributed by atoms with E-state index in [1.807, 2.05) is 68.4 Å². The molecule has 180 valence electrons. The van der Waals surface area contributed by atoms with Crippen molar-refractivity contribution in [3.8, 4) is 22.9 Å². The summed E-state index contributed by atoms with van der Waals surface area (Å²) in [5.41, 5.74) is 3.16. The number of ether oxygens (including phenoxy) is 2. The molecule has 0 spiro atoms. The fourth-order valence-electron chi connectivity index (χ4n) is 5.02. The predicted octanol–water partition coefficient (Wildman–Crippen LogP) is 7.96. The first-order chi connectivity index (χ1) is 17.0. The number of hydrogen-bond donors (Lipinski definition) is 1. The number of carboxylic acids is 1. The summed E-state index contributed by atoms with van der Waals surface area (Å²) in [7, 11) is 0. The maximum Gasteiger partial charge on any atom is 0.352 e. The Morgan fingerprint density at radius 2 is 1.51 bits per heavy atom. The van der Waals surface area contributed by atoms with Gasteiger partial charge in [-0.15, -0.1) is 0 Å². The van der Waals surface area contributed by atoms with Crippen LogP contribution in [0.1, 0.15) is 67.9 Å². The average molecular weight is 470 g/mol. The highest BCUT2D eigenvalue weighted by Gasteiger charge is 2.18. The SMILES string of the molecule is CC(C)Oc1ccc(-n2c(C(=O)O)cc3cc(Oc4ccc(C5CCCCC5)cc4)ccc32)cc1. The molecule has 1 N–H and O–H groups in total. The molecule has 3 aromatic carbocycles. The van der Waals surface area contributed by atoms with Gasteiger partial charge in [-0.1, -0.05) is 31.4 Å². The van der Waals surface area contributed by atoms with Gasteiger partial charge in [-0.3, -0.25) is 0 Å². The number of carboxylic acid groups (broad SMARTS) is 1. The van der Waals surface area contributed by atoms with Crippen LogP contribution in [0.5, 0.6) is 17.2 Å². The highest BCUT2D eigenvalue weighted by Crippen LogP contribution is 2.35. The number of aromatic nitrogens is 1. The highest BCUT2D eigenvalue weighted by molar-refractivity contribution is 5.96. The lowest BCUT2D eigenvalue weighted by molar-refractivity contribution is 0.0688. The number of benzene rings is 3. The molecule has 4 aromatic rings. The van der Waals surface area contributed by atoms with Crippen LogP contribution in [0, 0.1) is 0 Å². The highest BCUT2D eigenvalue weighted by atomic mass is 16.5. The first kappa shape index (κ1) is 23.0. The zero-order chi connectivity index (χ0) is 24.4. The van der Waals surface area contributed by atoms with Crippen molar-refractivity contribution in [3.05, 3.63) is 84.1 Å². The van der Waals surface area contributed by atoms with Crippen molar-refractivity contribution >= 4 is 16.9 Å². The van der Waals surface area contributed by atoms with Crippen molar-refractivity contribution in [2.24, 2.45) is 0 Å². The third kappa shape index (κ3) is 5.04. The summed E-state index contributed by atoms with van der Waals surface area (Å²) in [6, 6.07) is 23.3. The Labute approximate surface area is 205 Å². The van der Waals surface area contributed by atoms with E-state index < -0.39 is 5.97 Å². The van der Waals surface area contributed by atoms with Crippen LogP contribution in [-0.2, 0) is 0 Å². The first-order valence-corrected chi connectivity index (χ1v) is 12.4. The fraction of sp³-hybridized carbons (Fsp3) is 0.300. The van der Waals surface area contributed by atoms with Crippen molar-refractivity contribution in [3.63, 3.8) is 0 Å². The maximum atomic E-state index is 12.0. The molecule has 1 heterocycles. The molecule has 0 unspecified atom stereocenters. The van der Waals surface area contributed by atoms with Crippen LogP contribution in [0.2, 0.25) is 0 Å². The normalized spacial score (nSPS) is 14.4. The monoisotopic (exact) mass is 469 g/mol. The van der Waals surface area contributed by atoms with Gasteiger partial charge in [0.15, 0.2) is 0 Å². The Hall–Kier alpha value is -3.73. The van der Waals surface area contributed by atoms with Crippen LogP contribution in [0.25, 0.3) is 16.6 Å². The van der Waals surface area contributed by atoms with Crippen molar-refractivity contribution in [1.82, 2.24) is 4.57 Å². The van der Waals surface area contributed by atoms with Gasteiger partial charge in [-0.2, -0.15) is 0 Å². The maximum absolute atomic E-state index is 12.0. The molecule has 0 atom stereocenters. The Bertz CT molecular complexity index is 1310. The van der Waals surface area contributed by atoms with Crippen molar-refractivity contribution in [1.29, 1.82) is 0 Å². The Balaban J connectivity index is 1.41. The third-order valence-corrected chi connectivity index (χ3v) is 6.65. The fourth-order valence-corrected chi connectivity index (χ4v) is 5.02. The number of fused-ring (bicyclic) bond motifs is 1. The lowest BCUT2D eigenvalue weighted by atomic mass is 9.84. The Kier molecular flexibility index (Phi) is 6.49. The molecule has 5 rings (SSSR count). The van der Waals surface area contributed by atoms with Crippen LogP contribution in [-0.4, -0.2) is 21.7 Å². The topological polar surface area (TPSA) is 60.7 Å². The smallest absolute Gasteiger partial charge is 0.352 e. The number of rotatable bonds is 7. The van der Waals surface area contributed by atoms with Gasteiger partial charge in [0, 0.05) is 11.1 Å². The zero-order valence-electron chi connectivity index (χ0n) is 20.2. The van der Waals surface area contributed by atoms with Gasteiger partial charge in [0.1, 0.15) is 22.9 Å². The Morgan fingerprint density at radius 3 is 2.17 bits per heavy atom. The van der Waals surface area contributed by atoms with Crippen LogP contribution in [0.15, 0.2) is 72.8 Å². The molecule has 0 aliphatic heterocycles. The summed E-state index contributed by atoms with van der Waals surface area (Å²) >= 11 is 0. The summed E-state index contributed by atoms with van der Waals surface area (Å²) in [4.78, 5) is 12.0. The molecular weight excluding hydrogens is 438 g/mol. The summed E-state index contributed by atoms with van der Waals surface area (Å²) in [6.07, 6.45) is 6.60. The lowest BCUT2D eigenvalue weighted by Gasteiger charge is -2.22. The van der Waals surface area contributed by atoms with Crippen molar-refractivity contribution in [2.45, 2.75) is 58.0 Å². The second-order valence-corrected chi connectivity index (χ2v) is 9.56. The van der Waals surface area contributed by atoms with Crippen LogP contribution >= 0.6 is 0 Å². The molecule has 5 heteroatoms. The van der Waals surface area contributed by atoms with Crippen LogP contribution < -0.4 is 9.47 Å². The molecule has 0 bridgehead atoms. The number of nitrogens with zero attached hydrogens (tertiary/aromatic N) is 1. The molecule has 35 heavy (non-hydrogen) atoms. The average Bonchev–Trinajstić information content (AvgIpc) is 3.24. The van der Waals surface area contributed by atoms with Crippen molar-refractivity contribution in [2.75, 3.05) is 0 Å². The number of aromatic carboxylic acids is 1. The summed E-state index contributed by atoms with van der Waals surface area (Å²) in [6.45, 7) is 3.95. The van der Waals surface area contributed by atoms with Gasteiger partial charge in [-0.25, -0.2) is 4.79 Å². The third-order valence-electron chi connectivity index (χ3n) is 6.65. The molecular formula is C30H31NO4. The molecule has 5 nitrogen and oxygen atoms in total. The molecule has 1 aliphatic carbocycles. The van der Waals surface area contributed by atoms with Crippen LogP contribution in [0.3, 0.4) is 0 Å². The molecule has 1 fully saturated rings. The summed E-state index contributed by atoms with van der Waals surface area (Å²) < 4.78 is 13.6. The molecule has 0 saturated heterocycles. The molecule has 1 aliphatic rings. The molecule has 0 radical (unpaired) electrons. The second kappa shape index (κ2) is 9.87. The van der Waals surface area contributed by atoms with Gasteiger partial charge in [0.05, 0.1) is 11.6 Å². The van der Waals surface area contributed by atoms with E-state index in [0.29, 0.717) is 11.7 Å². The molecule has 0 amide bonds. The first-order valence-electron chi connectivity index (χ1n) is 12.4. The summed E-state index contributed by atoms with van der Waals surface area (Å²) in [5.74, 6) is 1.89. The van der Waals surface area contributed by atoms with E-state index in [2.05, 4.69) is 12.1 Å². The second-order valence-electron chi connectivity index (χ2n) is 9.56. The van der Waals surface area contributed by atoms with Gasteiger partial charge in [0.25, 0.3) is 0 Å². The van der Waals surface area contributed by atoms with E-state index in [9.17, 15) is 9.90 Å². The summed E-state index contributed by atoms with van der Waals surface area (Å²) in [5, 5.41) is 10.7. The minimum atomic E-state index is -0.982. The molecule has 1 aromatic heterocycles. The van der Waals surface area contributed by atoms with Crippen molar-refractivity contribution < 1.29 is 19.4 Å². The van der Waals surface area contributed by atoms with E-state index in [0.717, 1.165) is 28.1 Å². The van der Waals surface area contributed by atoms with Gasteiger partial charge in [0.2, 0.25) is 0 Å². The van der Waals surface area contributed by atoms with E-state index >= 15 is 0 Å². The minimum Gasteiger partial charge on any atom is -0.491 e. The quantitative estimate of drug-likeness (QED) is 0.298.